The number of halogens is 2. The SMILES string of the molecule is OC1(c2cccnc2)[C@H]2CCC[C@H]1CN(Cc1ccc(F)c(F)c1)C2. The van der Waals surface area contributed by atoms with Gasteiger partial charge in [0, 0.05) is 49.4 Å². The lowest BCUT2D eigenvalue weighted by Gasteiger charge is -2.53. The summed E-state index contributed by atoms with van der Waals surface area (Å²) < 4.78 is 26.6. The summed E-state index contributed by atoms with van der Waals surface area (Å²) in [5, 5.41) is 11.5. The van der Waals surface area contributed by atoms with Crippen LogP contribution in [0.3, 0.4) is 0 Å². The zero-order valence-electron chi connectivity index (χ0n) is 14.0. The molecule has 0 amide bonds. The Labute approximate surface area is 146 Å². The van der Waals surface area contributed by atoms with Crippen LogP contribution in [-0.2, 0) is 12.1 Å². The van der Waals surface area contributed by atoms with Crippen molar-refractivity contribution < 1.29 is 13.9 Å². The van der Waals surface area contributed by atoms with Crippen molar-refractivity contribution in [3.8, 4) is 0 Å². The Hall–Kier alpha value is -1.85. The van der Waals surface area contributed by atoms with Crippen LogP contribution >= 0.6 is 0 Å². The summed E-state index contributed by atoms with van der Waals surface area (Å²) >= 11 is 0. The topological polar surface area (TPSA) is 36.4 Å². The van der Waals surface area contributed by atoms with Crippen molar-refractivity contribution >= 4 is 0 Å². The average molecular weight is 344 g/mol. The highest BCUT2D eigenvalue weighted by Gasteiger charge is 2.51. The Morgan fingerprint density at radius 2 is 1.88 bits per heavy atom. The van der Waals surface area contributed by atoms with Gasteiger partial charge in [0.25, 0.3) is 0 Å². The van der Waals surface area contributed by atoms with E-state index in [9.17, 15) is 13.9 Å². The van der Waals surface area contributed by atoms with Crippen LogP contribution < -0.4 is 0 Å². The van der Waals surface area contributed by atoms with Crippen LogP contribution in [0.15, 0.2) is 42.7 Å². The van der Waals surface area contributed by atoms with Crippen LogP contribution in [0.2, 0.25) is 0 Å². The molecule has 1 N–H and O–H groups in total. The predicted molar refractivity (Wildman–Crippen MR) is 90.6 cm³/mol. The molecule has 4 rings (SSSR count). The van der Waals surface area contributed by atoms with Crippen LogP contribution in [0.5, 0.6) is 0 Å². The molecule has 3 nitrogen and oxygen atoms in total. The molecule has 1 aromatic carbocycles. The zero-order valence-corrected chi connectivity index (χ0v) is 14.0. The monoisotopic (exact) mass is 344 g/mol. The number of fused-ring (bicyclic) bond motifs is 2. The highest BCUT2D eigenvalue weighted by atomic mass is 19.2. The molecule has 1 aromatic heterocycles. The molecule has 2 aromatic rings. The van der Waals surface area contributed by atoms with E-state index in [1.807, 2.05) is 12.1 Å². The van der Waals surface area contributed by atoms with Gasteiger partial charge in [0.1, 0.15) is 0 Å². The maximum atomic E-state index is 13.5. The number of pyridine rings is 1. The number of nitrogens with zero attached hydrogens (tertiary/aromatic N) is 2. The number of aliphatic hydroxyl groups is 1. The number of hydrogen-bond donors (Lipinski definition) is 1. The number of aromatic nitrogens is 1. The van der Waals surface area contributed by atoms with E-state index in [4.69, 9.17) is 0 Å². The molecule has 5 heteroatoms. The van der Waals surface area contributed by atoms with Gasteiger partial charge in [-0.2, -0.15) is 0 Å². The zero-order chi connectivity index (χ0) is 17.4. The van der Waals surface area contributed by atoms with Gasteiger partial charge in [-0.05, 0) is 36.6 Å². The van der Waals surface area contributed by atoms with E-state index in [0.29, 0.717) is 6.54 Å². The lowest BCUT2D eigenvalue weighted by atomic mass is 9.63. The predicted octanol–water partition coefficient (Wildman–Crippen LogP) is 3.48. The summed E-state index contributed by atoms with van der Waals surface area (Å²) in [6.45, 7) is 2.08. The van der Waals surface area contributed by atoms with Gasteiger partial charge in [0.2, 0.25) is 0 Å². The summed E-state index contributed by atoms with van der Waals surface area (Å²) in [5.41, 5.74) is 0.831. The van der Waals surface area contributed by atoms with Crippen molar-refractivity contribution in [2.24, 2.45) is 11.8 Å². The second-order valence-electron chi connectivity index (χ2n) is 7.33. The fraction of sp³-hybridized carbons (Fsp3) is 0.450. The Bertz CT molecular complexity index is 739. The lowest BCUT2D eigenvalue weighted by Crippen LogP contribution is -2.57. The van der Waals surface area contributed by atoms with E-state index >= 15 is 0 Å². The van der Waals surface area contributed by atoms with E-state index in [-0.39, 0.29) is 11.8 Å². The van der Waals surface area contributed by atoms with Crippen LogP contribution in [0.4, 0.5) is 8.78 Å². The van der Waals surface area contributed by atoms with Crippen LogP contribution in [-0.4, -0.2) is 28.1 Å². The fourth-order valence-corrected chi connectivity index (χ4v) is 4.64. The number of rotatable bonds is 3. The largest absolute Gasteiger partial charge is 0.384 e. The van der Waals surface area contributed by atoms with Gasteiger partial charge in [-0.3, -0.25) is 9.88 Å². The van der Waals surface area contributed by atoms with Crippen LogP contribution in [0.1, 0.15) is 30.4 Å². The molecule has 0 spiro atoms. The van der Waals surface area contributed by atoms with Crippen molar-refractivity contribution in [2.75, 3.05) is 13.1 Å². The molecule has 1 aliphatic carbocycles. The van der Waals surface area contributed by atoms with Gasteiger partial charge < -0.3 is 5.11 Å². The Balaban J connectivity index is 1.56. The third-order valence-electron chi connectivity index (χ3n) is 5.82. The molecule has 2 atom stereocenters. The van der Waals surface area contributed by atoms with Gasteiger partial charge in [-0.25, -0.2) is 8.78 Å². The van der Waals surface area contributed by atoms with Crippen molar-refractivity contribution in [3.63, 3.8) is 0 Å². The average Bonchev–Trinajstić information content (AvgIpc) is 2.60. The summed E-state index contributed by atoms with van der Waals surface area (Å²) in [6, 6.07) is 7.92. The van der Waals surface area contributed by atoms with Crippen molar-refractivity contribution in [2.45, 2.75) is 31.4 Å². The Kier molecular flexibility index (Phi) is 4.29. The summed E-state index contributed by atoms with van der Waals surface area (Å²) in [5.74, 6) is -1.35. The summed E-state index contributed by atoms with van der Waals surface area (Å²) in [4.78, 5) is 6.44. The van der Waals surface area contributed by atoms with E-state index in [2.05, 4.69) is 9.88 Å². The third-order valence-corrected chi connectivity index (χ3v) is 5.82. The molecule has 0 radical (unpaired) electrons. The molecule has 0 unspecified atom stereocenters. The normalized spacial score (nSPS) is 29.6. The van der Waals surface area contributed by atoms with Gasteiger partial charge >= 0.3 is 0 Å². The first-order valence-electron chi connectivity index (χ1n) is 8.86. The second kappa shape index (κ2) is 6.46. The number of benzene rings is 1. The molecular weight excluding hydrogens is 322 g/mol. The smallest absolute Gasteiger partial charge is 0.159 e. The van der Waals surface area contributed by atoms with Gasteiger partial charge in [0.15, 0.2) is 11.6 Å². The quantitative estimate of drug-likeness (QED) is 0.926. The molecule has 2 fully saturated rings. The van der Waals surface area contributed by atoms with E-state index in [1.54, 1.807) is 18.5 Å². The Morgan fingerprint density at radius 1 is 1.12 bits per heavy atom. The van der Waals surface area contributed by atoms with E-state index in [0.717, 1.165) is 43.5 Å². The maximum absolute atomic E-state index is 13.5. The first-order chi connectivity index (χ1) is 12.1. The first-order valence-corrected chi connectivity index (χ1v) is 8.86. The summed E-state index contributed by atoms with van der Waals surface area (Å²) in [7, 11) is 0. The van der Waals surface area contributed by atoms with E-state index < -0.39 is 17.2 Å². The first kappa shape index (κ1) is 16.6. The van der Waals surface area contributed by atoms with Crippen LogP contribution in [0.25, 0.3) is 0 Å². The van der Waals surface area contributed by atoms with Gasteiger partial charge in [-0.1, -0.05) is 18.6 Å². The number of likely N-dealkylation sites (tertiary alicyclic amines) is 1. The van der Waals surface area contributed by atoms with Gasteiger partial charge in [0.05, 0.1) is 5.60 Å². The molecule has 1 saturated carbocycles. The van der Waals surface area contributed by atoms with Crippen molar-refractivity contribution in [1.29, 1.82) is 0 Å². The maximum Gasteiger partial charge on any atom is 0.159 e. The molecule has 2 bridgehead atoms. The Morgan fingerprint density at radius 3 is 2.52 bits per heavy atom. The minimum absolute atomic E-state index is 0.134. The molecule has 132 valence electrons. The summed E-state index contributed by atoms with van der Waals surface area (Å²) in [6.07, 6.45) is 6.56. The lowest BCUT2D eigenvalue weighted by molar-refractivity contribution is -0.148. The third kappa shape index (κ3) is 2.96. The van der Waals surface area contributed by atoms with Crippen molar-refractivity contribution in [3.05, 3.63) is 65.5 Å². The molecule has 2 aliphatic rings. The molecule has 25 heavy (non-hydrogen) atoms. The minimum atomic E-state index is -0.836. The van der Waals surface area contributed by atoms with E-state index in [1.165, 1.54) is 12.1 Å². The number of hydrogen-bond acceptors (Lipinski definition) is 3. The van der Waals surface area contributed by atoms with Crippen molar-refractivity contribution in [1.82, 2.24) is 9.88 Å². The molecule has 1 aliphatic heterocycles. The number of piperidine rings is 1. The van der Waals surface area contributed by atoms with Gasteiger partial charge in [-0.15, -0.1) is 0 Å². The van der Waals surface area contributed by atoms with Crippen LogP contribution in [0, 0.1) is 23.5 Å². The highest BCUT2D eigenvalue weighted by molar-refractivity contribution is 5.24. The molecule has 2 heterocycles. The second-order valence-corrected chi connectivity index (χ2v) is 7.33. The standard InChI is InChI=1S/C20H22F2N2O/c21-18-7-6-14(9-19(18)22)11-24-12-16-3-1-4-17(13-24)20(16,25)15-5-2-8-23-10-15/h2,5-10,16-17,25H,1,3-4,11-13H2/t16-,17-/m0/s1. The minimum Gasteiger partial charge on any atom is -0.384 e. The fourth-order valence-electron chi connectivity index (χ4n) is 4.64. The molecular formula is C20H22F2N2O. The molecule has 1 saturated heterocycles. The highest BCUT2D eigenvalue weighted by Crippen LogP contribution is 2.49.